The van der Waals surface area contributed by atoms with E-state index in [1.54, 1.807) is 0 Å². The highest BCUT2D eigenvalue weighted by Crippen LogP contribution is 2.56. The zero-order valence-corrected chi connectivity index (χ0v) is 12.2. The number of carboxylic acids is 1. The molecule has 4 nitrogen and oxygen atoms in total. The molecule has 0 aliphatic heterocycles. The molecule has 0 aromatic carbocycles. The van der Waals surface area contributed by atoms with Gasteiger partial charge < -0.3 is 10.4 Å². The van der Waals surface area contributed by atoms with E-state index in [-0.39, 0.29) is 24.3 Å². The maximum atomic E-state index is 12.5. The lowest BCUT2D eigenvalue weighted by Crippen LogP contribution is -2.52. The van der Waals surface area contributed by atoms with E-state index in [0.29, 0.717) is 18.3 Å². The Morgan fingerprint density at radius 1 is 1.10 bits per heavy atom. The quantitative estimate of drug-likeness (QED) is 0.812. The molecule has 0 spiro atoms. The first-order valence-electron chi connectivity index (χ1n) is 8.05. The topological polar surface area (TPSA) is 66.4 Å². The van der Waals surface area contributed by atoms with Crippen LogP contribution in [0.5, 0.6) is 0 Å². The van der Waals surface area contributed by atoms with Crippen LogP contribution in [-0.2, 0) is 9.59 Å². The molecule has 20 heavy (non-hydrogen) atoms. The fourth-order valence-corrected chi connectivity index (χ4v) is 5.10. The number of hydrogen-bond acceptors (Lipinski definition) is 2. The Morgan fingerprint density at radius 3 is 2.15 bits per heavy atom. The molecule has 4 aliphatic rings. The van der Waals surface area contributed by atoms with Gasteiger partial charge in [-0.05, 0) is 69.1 Å². The number of nitrogens with one attached hydrogen (secondary N) is 1. The summed E-state index contributed by atoms with van der Waals surface area (Å²) in [6, 6.07) is -0.0317. The summed E-state index contributed by atoms with van der Waals surface area (Å²) in [5.41, 5.74) is 0. The second-order valence-corrected chi connectivity index (χ2v) is 7.30. The van der Waals surface area contributed by atoms with Gasteiger partial charge in [-0.25, -0.2) is 0 Å². The van der Waals surface area contributed by atoms with Crippen molar-refractivity contribution in [1.29, 1.82) is 0 Å². The van der Waals surface area contributed by atoms with Gasteiger partial charge in [0.25, 0.3) is 0 Å². The van der Waals surface area contributed by atoms with Gasteiger partial charge in [-0.1, -0.05) is 0 Å². The number of carbonyl (C=O) groups excluding carboxylic acids is 1. The van der Waals surface area contributed by atoms with Crippen molar-refractivity contribution in [3.8, 4) is 0 Å². The van der Waals surface area contributed by atoms with Gasteiger partial charge in [-0.15, -0.1) is 0 Å². The molecular weight excluding hydrogens is 254 g/mol. The molecule has 4 saturated carbocycles. The molecule has 0 heterocycles. The minimum Gasteiger partial charge on any atom is -0.481 e. The van der Waals surface area contributed by atoms with Gasteiger partial charge in [-0.2, -0.15) is 0 Å². The van der Waals surface area contributed by atoms with E-state index in [9.17, 15) is 9.59 Å². The summed E-state index contributed by atoms with van der Waals surface area (Å²) >= 11 is 0. The third-order valence-corrected chi connectivity index (χ3v) is 5.71. The van der Waals surface area contributed by atoms with Crippen LogP contribution in [0.15, 0.2) is 0 Å². The van der Waals surface area contributed by atoms with E-state index in [4.69, 9.17) is 5.11 Å². The third-order valence-electron chi connectivity index (χ3n) is 5.71. The van der Waals surface area contributed by atoms with E-state index >= 15 is 0 Å². The normalized spacial score (nSPS) is 39.5. The summed E-state index contributed by atoms with van der Waals surface area (Å²) in [5.74, 6) is 2.56. The predicted molar refractivity (Wildman–Crippen MR) is 75.0 cm³/mol. The molecule has 0 saturated heterocycles. The maximum Gasteiger partial charge on any atom is 0.303 e. The Morgan fingerprint density at radius 2 is 1.65 bits per heavy atom. The second kappa shape index (κ2) is 5.38. The van der Waals surface area contributed by atoms with Crippen LogP contribution in [0, 0.1) is 29.6 Å². The molecule has 4 heteroatoms. The van der Waals surface area contributed by atoms with Gasteiger partial charge in [-0.3, -0.25) is 9.59 Å². The van der Waals surface area contributed by atoms with Gasteiger partial charge in [0.2, 0.25) is 5.91 Å². The maximum absolute atomic E-state index is 12.5. The van der Waals surface area contributed by atoms with E-state index in [2.05, 4.69) is 5.32 Å². The highest BCUT2D eigenvalue weighted by atomic mass is 16.4. The van der Waals surface area contributed by atoms with Crippen molar-refractivity contribution in [1.82, 2.24) is 5.32 Å². The summed E-state index contributed by atoms with van der Waals surface area (Å²) in [7, 11) is 0. The molecule has 4 aliphatic carbocycles. The number of aliphatic carboxylic acids is 1. The minimum atomic E-state index is -0.791. The highest BCUT2D eigenvalue weighted by Gasteiger charge is 2.50. The molecular formula is C16H25NO3. The minimum absolute atomic E-state index is 0.0317. The Balaban J connectivity index is 1.56. The molecule has 1 amide bonds. The lowest BCUT2D eigenvalue weighted by molar-refractivity contribution is -0.140. The SMILES string of the molecule is CC(CCC(=O)O)NC(=O)C1C2CC3CC(C2)CC1C3. The zero-order valence-electron chi connectivity index (χ0n) is 12.2. The molecule has 0 aromatic rings. The second-order valence-electron chi connectivity index (χ2n) is 7.30. The van der Waals surface area contributed by atoms with Crippen LogP contribution < -0.4 is 5.32 Å². The summed E-state index contributed by atoms with van der Waals surface area (Å²) < 4.78 is 0. The molecule has 4 bridgehead atoms. The number of carbonyl (C=O) groups is 2. The van der Waals surface area contributed by atoms with Gasteiger partial charge in [0, 0.05) is 18.4 Å². The lowest BCUT2D eigenvalue weighted by atomic mass is 9.51. The summed E-state index contributed by atoms with van der Waals surface area (Å²) in [5, 5.41) is 11.8. The Bertz CT molecular complexity index is 379. The Kier molecular flexibility index (Phi) is 3.74. The first-order chi connectivity index (χ1) is 9.52. The monoisotopic (exact) mass is 279 g/mol. The van der Waals surface area contributed by atoms with Crippen molar-refractivity contribution in [2.75, 3.05) is 0 Å². The van der Waals surface area contributed by atoms with Crippen molar-refractivity contribution < 1.29 is 14.7 Å². The number of rotatable bonds is 5. The summed E-state index contributed by atoms with van der Waals surface area (Å²) in [6.07, 6.45) is 7.03. The van der Waals surface area contributed by atoms with Crippen molar-refractivity contribution in [2.45, 2.75) is 57.9 Å². The molecule has 4 fully saturated rings. The number of hydrogen-bond donors (Lipinski definition) is 2. The van der Waals surface area contributed by atoms with Crippen LogP contribution in [0.3, 0.4) is 0 Å². The molecule has 2 N–H and O–H groups in total. The molecule has 4 rings (SSSR count). The average Bonchev–Trinajstić information content (AvgIpc) is 2.35. The number of carboxylic acid groups (broad SMARTS) is 1. The number of amides is 1. The third kappa shape index (κ3) is 2.70. The Hall–Kier alpha value is -1.06. The van der Waals surface area contributed by atoms with Crippen LogP contribution in [0.1, 0.15) is 51.9 Å². The van der Waals surface area contributed by atoms with E-state index < -0.39 is 5.97 Å². The zero-order chi connectivity index (χ0) is 14.3. The summed E-state index contributed by atoms with van der Waals surface area (Å²) in [4.78, 5) is 23.1. The van der Waals surface area contributed by atoms with Crippen molar-refractivity contribution in [3.63, 3.8) is 0 Å². The van der Waals surface area contributed by atoms with Gasteiger partial charge in [0.05, 0.1) is 0 Å². The van der Waals surface area contributed by atoms with Crippen molar-refractivity contribution >= 4 is 11.9 Å². The Labute approximate surface area is 120 Å². The predicted octanol–water partition coefficient (Wildman–Crippen LogP) is 2.43. The van der Waals surface area contributed by atoms with Crippen LogP contribution >= 0.6 is 0 Å². The van der Waals surface area contributed by atoms with Crippen molar-refractivity contribution in [2.24, 2.45) is 29.6 Å². The first-order valence-corrected chi connectivity index (χ1v) is 8.05. The highest BCUT2D eigenvalue weighted by molar-refractivity contribution is 5.80. The fraction of sp³-hybridized carbons (Fsp3) is 0.875. The van der Waals surface area contributed by atoms with Gasteiger partial charge in [0.15, 0.2) is 0 Å². The van der Waals surface area contributed by atoms with Crippen LogP contribution in [0.25, 0.3) is 0 Å². The molecule has 1 unspecified atom stereocenters. The van der Waals surface area contributed by atoms with Gasteiger partial charge >= 0.3 is 5.97 Å². The fourth-order valence-electron chi connectivity index (χ4n) is 5.10. The standard InChI is InChI=1S/C16H25NO3/c1-9(2-3-14(18)19)17-16(20)15-12-5-10-4-11(7-12)8-13(15)6-10/h9-13,15H,2-8H2,1H3,(H,17,20)(H,18,19). The van der Waals surface area contributed by atoms with Gasteiger partial charge in [0.1, 0.15) is 0 Å². The van der Waals surface area contributed by atoms with Crippen molar-refractivity contribution in [3.05, 3.63) is 0 Å². The van der Waals surface area contributed by atoms with Crippen LogP contribution in [0.2, 0.25) is 0 Å². The molecule has 0 radical (unpaired) electrons. The first kappa shape index (κ1) is 13.9. The molecule has 0 aromatic heterocycles. The summed E-state index contributed by atoms with van der Waals surface area (Å²) in [6.45, 7) is 1.91. The van der Waals surface area contributed by atoms with E-state index in [1.807, 2.05) is 6.92 Å². The largest absolute Gasteiger partial charge is 0.481 e. The molecule has 1 atom stereocenters. The van der Waals surface area contributed by atoms with E-state index in [1.165, 1.54) is 32.1 Å². The smallest absolute Gasteiger partial charge is 0.303 e. The van der Waals surface area contributed by atoms with E-state index in [0.717, 1.165) is 11.8 Å². The average molecular weight is 279 g/mol. The molecule has 112 valence electrons. The van der Waals surface area contributed by atoms with Crippen LogP contribution in [-0.4, -0.2) is 23.0 Å². The lowest BCUT2D eigenvalue weighted by Gasteiger charge is -2.53. The van der Waals surface area contributed by atoms with Crippen LogP contribution in [0.4, 0.5) is 0 Å².